The molecule has 0 bridgehead atoms. The lowest BCUT2D eigenvalue weighted by Crippen LogP contribution is -2.16. The Kier molecular flexibility index (Phi) is 4.80. The molecule has 1 unspecified atom stereocenters. The molecule has 0 aromatic heterocycles. The van der Waals surface area contributed by atoms with Crippen LogP contribution in [-0.2, 0) is 4.79 Å². The molecule has 0 spiro atoms. The molecule has 0 heterocycles. The van der Waals surface area contributed by atoms with Crippen LogP contribution in [0.3, 0.4) is 0 Å². The quantitative estimate of drug-likeness (QED) is 0.872. The minimum absolute atomic E-state index is 0.164. The Morgan fingerprint density at radius 1 is 1.56 bits per heavy atom. The summed E-state index contributed by atoms with van der Waals surface area (Å²) in [5.74, 6) is -0.749. The Balaban J connectivity index is 2.52. The number of nitrogens with one attached hydrogen (secondary N) is 1. The van der Waals surface area contributed by atoms with E-state index in [9.17, 15) is 4.79 Å². The summed E-state index contributed by atoms with van der Waals surface area (Å²) in [6, 6.07) is 6.17. The van der Waals surface area contributed by atoms with Crippen molar-refractivity contribution in [2.24, 2.45) is 0 Å². The van der Waals surface area contributed by atoms with E-state index in [0.29, 0.717) is 6.42 Å². The number of anilines is 1. The maximum atomic E-state index is 10.4. The maximum absolute atomic E-state index is 10.4. The van der Waals surface area contributed by atoms with Gasteiger partial charge in [0.1, 0.15) is 0 Å². The fourth-order valence-electron chi connectivity index (χ4n) is 1.43. The van der Waals surface area contributed by atoms with E-state index in [2.05, 4.69) is 21.2 Å². The summed E-state index contributed by atoms with van der Waals surface area (Å²) in [6.45, 7) is 4.01. The number of halogens is 1. The molecule has 3 nitrogen and oxygen atoms in total. The second-order valence-electron chi connectivity index (χ2n) is 3.94. The van der Waals surface area contributed by atoms with E-state index < -0.39 is 5.97 Å². The number of hydrogen-bond acceptors (Lipinski definition) is 2. The number of carboxylic acids is 1. The zero-order chi connectivity index (χ0) is 12.1. The molecule has 1 rings (SSSR count). The van der Waals surface area contributed by atoms with Crippen molar-refractivity contribution in [1.29, 1.82) is 0 Å². The highest BCUT2D eigenvalue weighted by Crippen LogP contribution is 2.20. The van der Waals surface area contributed by atoms with Crippen LogP contribution in [0.25, 0.3) is 0 Å². The van der Waals surface area contributed by atoms with E-state index in [1.165, 1.54) is 0 Å². The van der Waals surface area contributed by atoms with Crippen molar-refractivity contribution in [1.82, 2.24) is 0 Å². The van der Waals surface area contributed by atoms with Crippen LogP contribution in [0.4, 0.5) is 5.69 Å². The summed E-state index contributed by atoms with van der Waals surface area (Å²) in [4.78, 5) is 10.4. The lowest BCUT2D eigenvalue weighted by molar-refractivity contribution is -0.137. The van der Waals surface area contributed by atoms with Crippen molar-refractivity contribution in [3.63, 3.8) is 0 Å². The SMILES string of the molecule is Cc1cc(NC(C)CCC(=O)O)ccc1Br. The maximum Gasteiger partial charge on any atom is 0.303 e. The van der Waals surface area contributed by atoms with Gasteiger partial charge in [0.2, 0.25) is 0 Å². The highest BCUT2D eigenvalue weighted by atomic mass is 79.9. The Morgan fingerprint density at radius 3 is 2.81 bits per heavy atom. The predicted octanol–water partition coefficient (Wildman–Crippen LogP) is 3.42. The number of aliphatic carboxylic acids is 1. The lowest BCUT2D eigenvalue weighted by Gasteiger charge is -2.15. The molecule has 0 aliphatic heterocycles. The van der Waals surface area contributed by atoms with Gasteiger partial charge in [0.05, 0.1) is 0 Å². The summed E-state index contributed by atoms with van der Waals surface area (Å²) in [5.41, 5.74) is 2.19. The van der Waals surface area contributed by atoms with Gasteiger partial charge in [-0.15, -0.1) is 0 Å². The number of aryl methyl sites for hydroxylation is 1. The van der Waals surface area contributed by atoms with Crippen molar-refractivity contribution in [2.45, 2.75) is 32.7 Å². The van der Waals surface area contributed by atoms with Crippen LogP contribution >= 0.6 is 15.9 Å². The van der Waals surface area contributed by atoms with Gasteiger partial charge in [0.25, 0.3) is 0 Å². The van der Waals surface area contributed by atoms with Crippen LogP contribution in [-0.4, -0.2) is 17.1 Å². The molecule has 0 saturated heterocycles. The minimum atomic E-state index is -0.749. The first kappa shape index (κ1) is 13.0. The third-order valence-corrected chi connectivity index (χ3v) is 3.25. The standard InChI is InChI=1S/C12H16BrNO2/c1-8-7-10(4-5-11(8)13)14-9(2)3-6-12(15)16/h4-5,7,9,14H,3,6H2,1-2H3,(H,15,16). The average molecular weight is 286 g/mol. The third-order valence-electron chi connectivity index (χ3n) is 2.36. The fourth-order valence-corrected chi connectivity index (χ4v) is 1.68. The summed E-state index contributed by atoms with van der Waals surface area (Å²) < 4.78 is 1.08. The number of hydrogen-bond donors (Lipinski definition) is 2. The Bertz CT molecular complexity index is 379. The van der Waals surface area contributed by atoms with E-state index in [0.717, 1.165) is 15.7 Å². The van der Waals surface area contributed by atoms with Crippen molar-refractivity contribution in [2.75, 3.05) is 5.32 Å². The van der Waals surface area contributed by atoms with Crippen molar-refractivity contribution in [3.8, 4) is 0 Å². The molecular weight excluding hydrogens is 270 g/mol. The Morgan fingerprint density at radius 2 is 2.25 bits per heavy atom. The van der Waals surface area contributed by atoms with E-state index in [4.69, 9.17) is 5.11 Å². The second-order valence-corrected chi connectivity index (χ2v) is 4.80. The van der Waals surface area contributed by atoms with E-state index in [-0.39, 0.29) is 12.5 Å². The lowest BCUT2D eigenvalue weighted by atomic mass is 10.1. The first-order valence-corrected chi connectivity index (χ1v) is 6.03. The van der Waals surface area contributed by atoms with Crippen molar-refractivity contribution < 1.29 is 9.90 Å². The number of carboxylic acid groups (broad SMARTS) is 1. The Hall–Kier alpha value is -1.03. The molecule has 1 aromatic carbocycles. The van der Waals surface area contributed by atoms with Crippen LogP contribution in [0.15, 0.2) is 22.7 Å². The van der Waals surface area contributed by atoms with Crippen LogP contribution in [0.2, 0.25) is 0 Å². The Labute approximate surface area is 104 Å². The van der Waals surface area contributed by atoms with Crippen LogP contribution < -0.4 is 5.32 Å². The summed E-state index contributed by atoms with van der Waals surface area (Å²) in [7, 11) is 0. The molecular formula is C12H16BrNO2. The summed E-state index contributed by atoms with van der Waals surface area (Å²) in [6.07, 6.45) is 0.828. The van der Waals surface area contributed by atoms with Gasteiger partial charge in [0, 0.05) is 22.6 Å². The monoisotopic (exact) mass is 285 g/mol. The number of carbonyl (C=O) groups is 1. The van der Waals surface area contributed by atoms with Gasteiger partial charge in [-0.1, -0.05) is 15.9 Å². The molecule has 2 N–H and O–H groups in total. The van der Waals surface area contributed by atoms with Crippen molar-refractivity contribution in [3.05, 3.63) is 28.2 Å². The van der Waals surface area contributed by atoms with Gasteiger partial charge in [-0.3, -0.25) is 4.79 Å². The first-order chi connectivity index (χ1) is 7.49. The number of rotatable bonds is 5. The fraction of sp³-hybridized carbons (Fsp3) is 0.417. The summed E-state index contributed by atoms with van der Waals surface area (Å²) in [5, 5.41) is 11.9. The molecule has 16 heavy (non-hydrogen) atoms. The van der Waals surface area contributed by atoms with Crippen molar-refractivity contribution >= 4 is 27.6 Å². The van der Waals surface area contributed by atoms with Gasteiger partial charge in [-0.2, -0.15) is 0 Å². The zero-order valence-electron chi connectivity index (χ0n) is 9.46. The third kappa shape index (κ3) is 4.23. The molecule has 1 atom stereocenters. The van der Waals surface area contributed by atoms with Gasteiger partial charge < -0.3 is 10.4 Å². The molecule has 88 valence electrons. The predicted molar refractivity (Wildman–Crippen MR) is 68.8 cm³/mol. The minimum Gasteiger partial charge on any atom is -0.481 e. The van der Waals surface area contributed by atoms with Crippen LogP contribution in [0, 0.1) is 6.92 Å². The van der Waals surface area contributed by atoms with Gasteiger partial charge in [-0.05, 0) is 44.0 Å². The number of benzene rings is 1. The van der Waals surface area contributed by atoms with Gasteiger partial charge in [0.15, 0.2) is 0 Å². The molecule has 0 fully saturated rings. The zero-order valence-corrected chi connectivity index (χ0v) is 11.0. The van der Waals surface area contributed by atoms with Crippen LogP contribution in [0.5, 0.6) is 0 Å². The molecule has 0 aliphatic rings. The topological polar surface area (TPSA) is 49.3 Å². The highest BCUT2D eigenvalue weighted by Gasteiger charge is 2.05. The largest absolute Gasteiger partial charge is 0.481 e. The molecule has 1 aromatic rings. The average Bonchev–Trinajstić information content (AvgIpc) is 2.21. The first-order valence-electron chi connectivity index (χ1n) is 5.23. The normalized spacial score (nSPS) is 12.2. The van der Waals surface area contributed by atoms with E-state index >= 15 is 0 Å². The molecule has 4 heteroatoms. The molecule has 0 radical (unpaired) electrons. The van der Waals surface area contributed by atoms with Gasteiger partial charge >= 0.3 is 5.97 Å². The molecule has 0 aliphatic carbocycles. The van der Waals surface area contributed by atoms with Gasteiger partial charge in [-0.25, -0.2) is 0 Å². The van der Waals surface area contributed by atoms with E-state index in [1.807, 2.05) is 32.0 Å². The highest BCUT2D eigenvalue weighted by molar-refractivity contribution is 9.10. The second kappa shape index (κ2) is 5.89. The molecule has 0 amide bonds. The smallest absolute Gasteiger partial charge is 0.303 e. The van der Waals surface area contributed by atoms with Crippen LogP contribution in [0.1, 0.15) is 25.3 Å². The summed E-state index contributed by atoms with van der Waals surface area (Å²) >= 11 is 3.44. The molecule has 0 saturated carbocycles. The van der Waals surface area contributed by atoms with E-state index in [1.54, 1.807) is 0 Å².